The Hall–Kier alpha value is -2.19. The summed E-state index contributed by atoms with van der Waals surface area (Å²) in [5, 5.41) is 6.63. The lowest BCUT2D eigenvalue weighted by molar-refractivity contribution is 0.0950. The average molecular weight is 377 g/mol. The van der Waals surface area contributed by atoms with Crippen LogP contribution in [0.5, 0.6) is 0 Å². The van der Waals surface area contributed by atoms with Gasteiger partial charge in [-0.2, -0.15) is 0 Å². The van der Waals surface area contributed by atoms with E-state index < -0.39 is 10.0 Å². The number of nitrogens with one attached hydrogen (secondary N) is 2. The van der Waals surface area contributed by atoms with Gasteiger partial charge in [0.15, 0.2) is 0 Å². The second kappa shape index (κ2) is 7.59. The lowest BCUT2D eigenvalue weighted by Gasteiger charge is -2.13. The predicted octanol–water partition coefficient (Wildman–Crippen LogP) is 2.44. The van der Waals surface area contributed by atoms with Crippen LogP contribution >= 0.6 is 0 Å². The minimum absolute atomic E-state index is 0.0166. The van der Waals surface area contributed by atoms with Gasteiger partial charge in [0.2, 0.25) is 10.0 Å². The Morgan fingerprint density at radius 2 is 2.00 bits per heavy atom. The molecule has 1 fully saturated rings. The van der Waals surface area contributed by atoms with Crippen LogP contribution in [0.1, 0.15) is 53.1 Å². The molecule has 1 aliphatic rings. The van der Waals surface area contributed by atoms with E-state index in [1.54, 1.807) is 26.0 Å². The van der Waals surface area contributed by atoms with Crippen molar-refractivity contribution in [1.29, 1.82) is 0 Å². The van der Waals surface area contributed by atoms with Crippen LogP contribution in [0.4, 0.5) is 0 Å². The number of carbonyl (C=O) groups excluding carboxylic acids is 1. The summed E-state index contributed by atoms with van der Waals surface area (Å²) in [5.74, 6) is 0.308. The van der Waals surface area contributed by atoms with E-state index in [1.807, 2.05) is 0 Å². The van der Waals surface area contributed by atoms with Crippen LogP contribution in [0.3, 0.4) is 0 Å². The molecule has 1 aromatic heterocycles. The molecule has 26 heavy (non-hydrogen) atoms. The number of aromatic nitrogens is 1. The van der Waals surface area contributed by atoms with Crippen LogP contribution in [0, 0.1) is 13.8 Å². The van der Waals surface area contributed by atoms with Crippen molar-refractivity contribution in [3.8, 4) is 0 Å². The Balaban J connectivity index is 1.70. The number of aryl methyl sites for hydroxylation is 2. The number of hydrogen-bond donors (Lipinski definition) is 2. The first-order valence-corrected chi connectivity index (χ1v) is 10.2. The maximum absolute atomic E-state index is 12.5. The molecule has 2 aromatic rings. The molecule has 0 spiro atoms. The van der Waals surface area contributed by atoms with Crippen molar-refractivity contribution >= 4 is 15.9 Å². The molecule has 8 heteroatoms. The third kappa shape index (κ3) is 4.13. The zero-order valence-electron chi connectivity index (χ0n) is 14.9. The molecule has 0 aliphatic heterocycles. The molecule has 0 saturated heterocycles. The van der Waals surface area contributed by atoms with Crippen molar-refractivity contribution < 1.29 is 17.7 Å². The van der Waals surface area contributed by atoms with E-state index >= 15 is 0 Å². The molecule has 0 atom stereocenters. The van der Waals surface area contributed by atoms with Gasteiger partial charge in [-0.15, -0.1) is 0 Å². The predicted molar refractivity (Wildman–Crippen MR) is 96.2 cm³/mol. The number of sulfonamides is 1. The van der Waals surface area contributed by atoms with Crippen molar-refractivity contribution in [1.82, 2.24) is 15.2 Å². The monoisotopic (exact) mass is 377 g/mol. The Bertz CT molecular complexity index is 879. The summed E-state index contributed by atoms with van der Waals surface area (Å²) in [6, 6.07) is 6.06. The van der Waals surface area contributed by atoms with Crippen molar-refractivity contribution in [2.45, 2.75) is 57.0 Å². The number of hydrogen-bond acceptors (Lipinski definition) is 5. The second-order valence-electron chi connectivity index (χ2n) is 6.62. The maximum Gasteiger partial charge on any atom is 0.251 e. The van der Waals surface area contributed by atoms with E-state index in [0.717, 1.165) is 36.9 Å². The van der Waals surface area contributed by atoms with Crippen molar-refractivity contribution in [3.63, 3.8) is 0 Å². The zero-order valence-corrected chi connectivity index (χ0v) is 15.7. The normalized spacial score (nSPS) is 15.3. The summed E-state index contributed by atoms with van der Waals surface area (Å²) in [7, 11) is -3.63. The second-order valence-corrected chi connectivity index (χ2v) is 8.33. The maximum atomic E-state index is 12.5. The van der Waals surface area contributed by atoms with Crippen LogP contribution in [-0.2, 0) is 16.6 Å². The van der Waals surface area contributed by atoms with Gasteiger partial charge in [-0.3, -0.25) is 4.79 Å². The first kappa shape index (κ1) is 18.6. The molecule has 0 unspecified atom stereocenters. The fourth-order valence-corrected chi connectivity index (χ4v) is 4.51. The molecule has 1 saturated carbocycles. The molecule has 1 aliphatic carbocycles. The molecule has 7 nitrogen and oxygen atoms in total. The number of amides is 1. The topological polar surface area (TPSA) is 101 Å². The fraction of sp³-hybridized carbons (Fsp3) is 0.444. The van der Waals surface area contributed by atoms with E-state index in [0.29, 0.717) is 11.3 Å². The molecule has 0 bridgehead atoms. The van der Waals surface area contributed by atoms with E-state index in [4.69, 9.17) is 4.52 Å². The van der Waals surface area contributed by atoms with E-state index in [2.05, 4.69) is 15.2 Å². The SMILES string of the molecule is Cc1noc(C)c1CNC(=O)c1cccc(S(=O)(=O)NC2CCCC2)c1. The summed E-state index contributed by atoms with van der Waals surface area (Å²) < 4.78 is 32.9. The first-order chi connectivity index (χ1) is 12.4. The van der Waals surface area contributed by atoms with Gasteiger partial charge in [-0.05, 0) is 44.9 Å². The Morgan fingerprint density at radius 3 is 2.65 bits per heavy atom. The summed E-state index contributed by atoms with van der Waals surface area (Å²) >= 11 is 0. The van der Waals surface area contributed by atoms with Crippen LogP contribution < -0.4 is 10.0 Å². The molecule has 1 heterocycles. The molecule has 1 aromatic carbocycles. The molecular formula is C18H23N3O4S. The van der Waals surface area contributed by atoms with Gasteiger partial charge in [-0.1, -0.05) is 24.1 Å². The lowest BCUT2D eigenvalue weighted by Crippen LogP contribution is -2.32. The number of carbonyl (C=O) groups is 1. The number of benzene rings is 1. The van der Waals surface area contributed by atoms with E-state index in [9.17, 15) is 13.2 Å². The Morgan fingerprint density at radius 1 is 1.27 bits per heavy atom. The standard InChI is InChI=1S/C18H23N3O4S/c1-12-17(13(2)25-20-12)11-19-18(22)14-6-5-9-16(10-14)26(23,24)21-15-7-3-4-8-15/h5-6,9-10,15,21H,3-4,7-8,11H2,1-2H3,(H,19,22). The molecule has 140 valence electrons. The molecular weight excluding hydrogens is 354 g/mol. The van der Waals surface area contributed by atoms with Crippen molar-refractivity contribution in [2.24, 2.45) is 0 Å². The van der Waals surface area contributed by atoms with Crippen molar-refractivity contribution in [3.05, 3.63) is 46.8 Å². The van der Waals surface area contributed by atoms with Crippen LogP contribution in [0.25, 0.3) is 0 Å². The van der Waals surface area contributed by atoms with Gasteiger partial charge in [0.25, 0.3) is 5.91 Å². The van der Waals surface area contributed by atoms with Crippen LogP contribution in [0.2, 0.25) is 0 Å². The highest BCUT2D eigenvalue weighted by molar-refractivity contribution is 7.89. The summed E-state index contributed by atoms with van der Waals surface area (Å²) in [4.78, 5) is 12.5. The summed E-state index contributed by atoms with van der Waals surface area (Å²) in [5.41, 5.74) is 1.84. The van der Waals surface area contributed by atoms with Gasteiger partial charge in [0, 0.05) is 23.7 Å². The van der Waals surface area contributed by atoms with Gasteiger partial charge in [0.05, 0.1) is 10.6 Å². The van der Waals surface area contributed by atoms with Gasteiger partial charge >= 0.3 is 0 Å². The minimum atomic E-state index is -3.63. The number of nitrogens with zero attached hydrogens (tertiary/aromatic N) is 1. The fourth-order valence-electron chi connectivity index (χ4n) is 3.16. The summed E-state index contributed by atoms with van der Waals surface area (Å²) in [6.07, 6.45) is 3.79. The van der Waals surface area contributed by atoms with E-state index in [1.165, 1.54) is 12.1 Å². The molecule has 1 amide bonds. The van der Waals surface area contributed by atoms with E-state index in [-0.39, 0.29) is 23.4 Å². The first-order valence-electron chi connectivity index (χ1n) is 8.69. The highest BCUT2D eigenvalue weighted by Gasteiger charge is 2.23. The molecule has 3 rings (SSSR count). The third-order valence-corrected chi connectivity index (χ3v) is 6.21. The quantitative estimate of drug-likeness (QED) is 0.805. The van der Waals surface area contributed by atoms with Crippen molar-refractivity contribution in [2.75, 3.05) is 0 Å². The largest absolute Gasteiger partial charge is 0.361 e. The van der Waals surface area contributed by atoms with Crippen LogP contribution in [-0.4, -0.2) is 25.5 Å². The summed E-state index contributed by atoms with van der Waals surface area (Å²) in [6.45, 7) is 3.86. The minimum Gasteiger partial charge on any atom is -0.361 e. The van der Waals surface area contributed by atoms with Gasteiger partial charge in [0.1, 0.15) is 5.76 Å². The van der Waals surface area contributed by atoms with Crippen LogP contribution in [0.15, 0.2) is 33.7 Å². The van der Waals surface area contributed by atoms with Gasteiger partial charge in [-0.25, -0.2) is 13.1 Å². The lowest BCUT2D eigenvalue weighted by atomic mass is 10.2. The average Bonchev–Trinajstić information content (AvgIpc) is 3.23. The Labute approximate surface area is 153 Å². The highest BCUT2D eigenvalue weighted by Crippen LogP contribution is 2.21. The molecule has 0 radical (unpaired) electrons. The Kier molecular flexibility index (Phi) is 5.43. The zero-order chi connectivity index (χ0) is 18.7. The highest BCUT2D eigenvalue weighted by atomic mass is 32.2. The molecule has 2 N–H and O–H groups in total. The third-order valence-electron chi connectivity index (χ3n) is 4.69. The smallest absolute Gasteiger partial charge is 0.251 e. The number of rotatable bonds is 6. The van der Waals surface area contributed by atoms with Gasteiger partial charge < -0.3 is 9.84 Å².